The number of carbonyl (C=O) groups excluding carboxylic acids is 4. The summed E-state index contributed by atoms with van der Waals surface area (Å²) in [5, 5.41) is 0. The maximum atomic E-state index is 14.1. The zero-order chi connectivity index (χ0) is 45.4. The van der Waals surface area contributed by atoms with Crippen LogP contribution in [0.3, 0.4) is 0 Å². The van der Waals surface area contributed by atoms with Crippen molar-refractivity contribution >= 4 is 33.9 Å². The van der Waals surface area contributed by atoms with Crippen molar-refractivity contribution in [3.05, 3.63) is 166 Å². The van der Waals surface area contributed by atoms with Crippen LogP contribution in [0.4, 0.5) is 0 Å². The molecule has 332 valence electrons. The van der Waals surface area contributed by atoms with Gasteiger partial charge in [0.25, 0.3) is 0 Å². The molecule has 0 radical (unpaired) electrons. The molecule has 15 heteroatoms. The first-order valence-electron chi connectivity index (χ1n) is 20.4. The molecule has 0 amide bonds. The molecule has 0 saturated carbocycles. The third-order valence-corrected chi connectivity index (χ3v) is 12.0. The third kappa shape index (κ3) is 14.4. The number of methoxy groups -OCH3 is 3. The number of pyridine rings is 1. The Hall–Kier alpha value is -6.26. The Morgan fingerprint density at radius 2 is 1.00 bits per heavy atom. The smallest absolute Gasteiger partial charge is 0.337 e. The molecule has 5 aromatic rings. The number of carbonyl (C=O) groups is 4. The lowest BCUT2D eigenvalue weighted by Crippen LogP contribution is -2.39. The molecule has 0 aliphatic carbocycles. The maximum absolute atomic E-state index is 14.1. The predicted molar refractivity (Wildman–Crippen MR) is 236 cm³/mol. The number of esters is 4. The van der Waals surface area contributed by atoms with Gasteiger partial charge in [-0.25, -0.2) is 22.8 Å². The molecule has 0 atom stereocenters. The molecule has 1 aromatic heterocycles. The zero-order valence-electron chi connectivity index (χ0n) is 36.3. The number of benzene rings is 4. The van der Waals surface area contributed by atoms with E-state index in [1.807, 2.05) is 43.3 Å². The monoisotopic (exact) mass is 878 g/mol. The fourth-order valence-corrected chi connectivity index (χ4v) is 8.45. The second-order valence-electron chi connectivity index (χ2n) is 15.0. The number of ether oxygens (including phenoxy) is 4. The van der Waals surface area contributed by atoms with Crippen LogP contribution in [0, 0.1) is 6.92 Å². The first-order valence-corrected chi connectivity index (χ1v) is 21.8. The highest BCUT2D eigenvalue weighted by molar-refractivity contribution is 7.89. The van der Waals surface area contributed by atoms with Crippen LogP contribution in [-0.4, -0.2) is 99.0 Å². The maximum Gasteiger partial charge on any atom is 0.337 e. The summed E-state index contributed by atoms with van der Waals surface area (Å²) < 4.78 is 49.6. The number of sulfonamides is 1. The molecule has 0 saturated heterocycles. The molecule has 0 unspecified atom stereocenters. The minimum absolute atomic E-state index is 0.0699. The quantitative estimate of drug-likeness (QED) is 0.0416. The average Bonchev–Trinajstić information content (AvgIpc) is 3.28. The van der Waals surface area contributed by atoms with Crippen LogP contribution < -0.4 is 0 Å². The first-order chi connectivity index (χ1) is 30.3. The lowest BCUT2D eigenvalue weighted by atomic mass is 10.1. The van der Waals surface area contributed by atoms with Gasteiger partial charge in [0, 0.05) is 59.3 Å². The summed E-state index contributed by atoms with van der Waals surface area (Å²) in [4.78, 5) is 58.2. The van der Waals surface area contributed by atoms with Crippen molar-refractivity contribution in [1.29, 1.82) is 0 Å². The van der Waals surface area contributed by atoms with E-state index in [1.54, 1.807) is 78.9 Å². The van der Waals surface area contributed by atoms with Crippen LogP contribution in [0.1, 0.15) is 78.1 Å². The summed E-state index contributed by atoms with van der Waals surface area (Å²) in [6.07, 6.45) is 0.298. The van der Waals surface area contributed by atoms with Crippen LogP contribution >= 0.6 is 0 Å². The Bertz CT molecular complexity index is 2400. The lowest BCUT2D eigenvalue weighted by molar-refractivity contribution is -0.141. The summed E-state index contributed by atoms with van der Waals surface area (Å²) >= 11 is 0. The van der Waals surface area contributed by atoms with Crippen LogP contribution in [0.5, 0.6) is 0 Å². The van der Waals surface area contributed by atoms with Crippen molar-refractivity contribution in [3.63, 3.8) is 0 Å². The summed E-state index contributed by atoms with van der Waals surface area (Å²) in [5.41, 5.74) is 6.19. The van der Waals surface area contributed by atoms with E-state index in [0.29, 0.717) is 55.8 Å². The highest BCUT2D eigenvalue weighted by Crippen LogP contribution is 2.21. The zero-order valence-corrected chi connectivity index (χ0v) is 37.1. The highest BCUT2D eigenvalue weighted by Gasteiger charge is 2.25. The van der Waals surface area contributed by atoms with Gasteiger partial charge in [-0.15, -0.1) is 0 Å². The second-order valence-corrected chi connectivity index (χ2v) is 16.9. The molecule has 1 heterocycles. The van der Waals surface area contributed by atoms with Crippen molar-refractivity contribution < 1.29 is 46.5 Å². The first kappa shape index (κ1) is 47.8. The van der Waals surface area contributed by atoms with Gasteiger partial charge in [-0.3, -0.25) is 19.6 Å². The molecule has 0 N–H and O–H groups in total. The van der Waals surface area contributed by atoms with Gasteiger partial charge in [0.1, 0.15) is 0 Å². The number of aromatic nitrogens is 1. The molecule has 4 aromatic carbocycles. The van der Waals surface area contributed by atoms with E-state index in [-0.39, 0.29) is 31.1 Å². The van der Waals surface area contributed by atoms with E-state index in [1.165, 1.54) is 32.6 Å². The molecule has 14 nitrogen and oxygen atoms in total. The van der Waals surface area contributed by atoms with Gasteiger partial charge >= 0.3 is 23.9 Å². The summed E-state index contributed by atoms with van der Waals surface area (Å²) in [6, 6.07) is 34.0. The van der Waals surface area contributed by atoms with E-state index in [0.717, 1.165) is 33.6 Å². The number of nitrogens with zero attached hydrogens (tertiary/aromatic N) is 4. The molecule has 5 rings (SSSR count). The molecule has 0 fully saturated rings. The molecule has 0 bridgehead atoms. The lowest BCUT2D eigenvalue weighted by Gasteiger charge is -2.28. The Morgan fingerprint density at radius 3 is 1.46 bits per heavy atom. The van der Waals surface area contributed by atoms with Crippen LogP contribution in [0.25, 0.3) is 0 Å². The Morgan fingerprint density at radius 1 is 0.556 bits per heavy atom. The topological polar surface area (TPSA) is 162 Å². The highest BCUT2D eigenvalue weighted by atomic mass is 32.2. The minimum Gasteiger partial charge on any atom is -0.466 e. The molecule has 63 heavy (non-hydrogen) atoms. The number of aryl methyl sites for hydroxylation is 1. The van der Waals surface area contributed by atoms with E-state index in [4.69, 9.17) is 23.9 Å². The normalized spacial score (nSPS) is 11.4. The summed E-state index contributed by atoms with van der Waals surface area (Å²) in [7, 11) is 0.0643. The molecule has 0 aliphatic heterocycles. The standard InChI is InChI=1S/C48H54N4O10S/c1-35-19-21-45(22-20-35)63(57,58)52(23-10-26-62-36(2)53)25-24-50(30-37-11-6-14-40(27-37)46(54)59-3)33-43-17-9-18-44(49-43)34-51(31-38-12-7-15-41(28-38)47(55)60-4)32-39-13-8-16-42(29-39)48(56)61-5/h6-9,11-22,27-29H,10,23-26,30-34H2,1-5H3. The van der Waals surface area contributed by atoms with Gasteiger partial charge < -0.3 is 18.9 Å². The van der Waals surface area contributed by atoms with Gasteiger partial charge in [-0.1, -0.05) is 60.2 Å². The van der Waals surface area contributed by atoms with Crippen molar-refractivity contribution in [2.75, 3.05) is 47.6 Å². The Kier molecular flexibility index (Phi) is 17.6. The van der Waals surface area contributed by atoms with Gasteiger partial charge in [-0.2, -0.15) is 4.31 Å². The van der Waals surface area contributed by atoms with Gasteiger partial charge in [0.2, 0.25) is 10.0 Å². The third-order valence-electron chi connectivity index (χ3n) is 10.1. The van der Waals surface area contributed by atoms with Crippen LogP contribution in [-0.2, 0) is 66.5 Å². The summed E-state index contributed by atoms with van der Waals surface area (Å²) in [6.45, 7) is 5.71. The van der Waals surface area contributed by atoms with Gasteiger partial charge in [-0.05, 0) is 90.7 Å². The number of hydrogen-bond acceptors (Lipinski definition) is 13. The molecular weight excluding hydrogens is 825 g/mol. The second kappa shape index (κ2) is 23.3. The van der Waals surface area contributed by atoms with Crippen molar-refractivity contribution in [1.82, 2.24) is 19.1 Å². The largest absolute Gasteiger partial charge is 0.466 e. The van der Waals surface area contributed by atoms with E-state index in [9.17, 15) is 27.6 Å². The fourth-order valence-electron chi connectivity index (χ4n) is 6.98. The van der Waals surface area contributed by atoms with Crippen LogP contribution in [0.2, 0.25) is 0 Å². The molecule has 0 spiro atoms. The van der Waals surface area contributed by atoms with Crippen molar-refractivity contribution in [2.45, 2.75) is 57.9 Å². The minimum atomic E-state index is -3.94. The van der Waals surface area contributed by atoms with Crippen molar-refractivity contribution in [2.24, 2.45) is 0 Å². The number of hydrogen-bond donors (Lipinski definition) is 0. The van der Waals surface area contributed by atoms with Crippen LogP contribution in [0.15, 0.2) is 120 Å². The van der Waals surface area contributed by atoms with Crippen molar-refractivity contribution in [3.8, 4) is 0 Å². The summed E-state index contributed by atoms with van der Waals surface area (Å²) in [5.74, 6) is -1.80. The predicted octanol–water partition coefficient (Wildman–Crippen LogP) is 6.60. The SMILES string of the molecule is COC(=O)c1cccc(CN(CCN(CCCOC(C)=O)S(=O)(=O)c2ccc(C)cc2)Cc2cccc(CN(Cc3cccc(C(=O)OC)c3)Cc3cccc(C(=O)OC)c3)n2)c1. The van der Waals surface area contributed by atoms with E-state index < -0.39 is 33.9 Å². The Balaban J connectivity index is 1.44. The average molecular weight is 879 g/mol. The van der Waals surface area contributed by atoms with Gasteiger partial charge in [0.05, 0.1) is 60.9 Å². The molecule has 0 aliphatic rings. The fraction of sp³-hybridized carbons (Fsp3) is 0.312. The molecular formula is C48H54N4O10S. The van der Waals surface area contributed by atoms with E-state index in [2.05, 4.69) is 9.80 Å². The van der Waals surface area contributed by atoms with E-state index >= 15 is 0 Å². The Labute approximate surface area is 369 Å². The van der Waals surface area contributed by atoms with Gasteiger partial charge in [0.15, 0.2) is 0 Å². The number of rotatable bonds is 22.